The summed E-state index contributed by atoms with van der Waals surface area (Å²) < 4.78 is 13.8. The van der Waals surface area contributed by atoms with E-state index in [1.165, 1.54) is 18.2 Å². The molecule has 2 aliphatic rings. The highest BCUT2D eigenvalue weighted by atomic mass is 35.5. The first-order valence-electron chi connectivity index (χ1n) is 11.4. The molecule has 2 heterocycles. The molecule has 0 bridgehead atoms. The lowest BCUT2D eigenvalue weighted by Gasteiger charge is -2.47. The van der Waals surface area contributed by atoms with E-state index in [1.807, 2.05) is 12.1 Å². The first-order chi connectivity index (χ1) is 16.5. The normalized spacial score (nSPS) is 20.4. The molecule has 0 saturated carbocycles. The van der Waals surface area contributed by atoms with E-state index in [0.717, 1.165) is 40.9 Å². The van der Waals surface area contributed by atoms with E-state index in [1.54, 1.807) is 12.1 Å². The molecule has 0 radical (unpaired) electrons. The van der Waals surface area contributed by atoms with Gasteiger partial charge < -0.3 is 10.2 Å². The number of para-hydroxylation sites is 1. The van der Waals surface area contributed by atoms with Crippen molar-refractivity contribution < 1.29 is 18.8 Å². The molecule has 35 heavy (non-hydrogen) atoms. The third-order valence-electron chi connectivity index (χ3n) is 6.43. The number of benzene rings is 2. The average molecular weight is 516 g/mol. The maximum absolute atomic E-state index is 13.8. The van der Waals surface area contributed by atoms with Crippen molar-refractivity contribution in [2.24, 2.45) is 0 Å². The molecular weight excluding hydrogens is 489 g/mol. The molecule has 2 aromatic carbocycles. The lowest BCUT2D eigenvalue weighted by molar-refractivity contribution is -0.127. The molecule has 0 spiro atoms. The van der Waals surface area contributed by atoms with Crippen LogP contribution in [0, 0.1) is 5.82 Å². The summed E-state index contributed by atoms with van der Waals surface area (Å²) in [4.78, 5) is 41.2. The van der Waals surface area contributed by atoms with Crippen molar-refractivity contribution in [3.63, 3.8) is 0 Å². The molecule has 9 heteroatoms. The maximum Gasteiger partial charge on any atom is 0.294 e. The zero-order chi connectivity index (χ0) is 25.5. The number of thioether (sulfide) groups is 1. The molecule has 1 unspecified atom stereocenters. The second kappa shape index (κ2) is 9.66. The van der Waals surface area contributed by atoms with Gasteiger partial charge in [0.05, 0.1) is 10.6 Å². The second-order valence-electron chi connectivity index (χ2n) is 9.39. The van der Waals surface area contributed by atoms with Gasteiger partial charge in [-0.1, -0.05) is 30.7 Å². The standard InChI is InChI=1S/C26H27ClFN3O3S/c1-5-31-21-12-18(27)16(10-17(21)15(2)13-26(31,3)4)11-22-24(33)30(25(34)35-22)14-23(32)29-20-9-7-6-8-19(20)28/h6-12,15H,5,13-14H2,1-4H3,(H,29,32)/b22-11+. The minimum absolute atomic E-state index is 0.00208. The lowest BCUT2D eigenvalue weighted by atomic mass is 9.79. The Morgan fingerprint density at radius 1 is 1.29 bits per heavy atom. The number of halogens is 2. The van der Waals surface area contributed by atoms with Crippen molar-refractivity contribution in [3.8, 4) is 0 Å². The zero-order valence-corrected chi connectivity index (χ0v) is 21.6. The highest BCUT2D eigenvalue weighted by Gasteiger charge is 2.38. The molecule has 2 aromatic rings. The third kappa shape index (κ3) is 4.95. The van der Waals surface area contributed by atoms with Gasteiger partial charge in [-0.3, -0.25) is 19.3 Å². The first kappa shape index (κ1) is 25.3. The van der Waals surface area contributed by atoms with Gasteiger partial charge in [-0.05, 0) is 86.3 Å². The predicted octanol–water partition coefficient (Wildman–Crippen LogP) is 6.27. The Labute approximate surface area is 213 Å². The highest BCUT2D eigenvalue weighted by molar-refractivity contribution is 8.18. The van der Waals surface area contributed by atoms with E-state index in [0.29, 0.717) is 16.5 Å². The summed E-state index contributed by atoms with van der Waals surface area (Å²) in [5.41, 5.74) is 2.85. The number of carbonyl (C=O) groups excluding carboxylic acids is 3. The van der Waals surface area contributed by atoms with Crippen molar-refractivity contribution >= 4 is 57.9 Å². The van der Waals surface area contributed by atoms with E-state index in [-0.39, 0.29) is 16.1 Å². The van der Waals surface area contributed by atoms with E-state index >= 15 is 0 Å². The van der Waals surface area contributed by atoms with Crippen LogP contribution in [-0.4, -0.2) is 40.6 Å². The van der Waals surface area contributed by atoms with Crippen LogP contribution in [0.15, 0.2) is 41.3 Å². The number of imide groups is 1. The molecule has 1 atom stereocenters. The van der Waals surface area contributed by atoms with Crippen LogP contribution in [0.2, 0.25) is 5.02 Å². The topological polar surface area (TPSA) is 69.7 Å². The van der Waals surface area contributed by atoms with E-state index in [2.05, 4.69) is 37.9 Å². The van der Waals surface area contributed by atoms with Gasteiger partial charge in [0.2, 0.25) is 5.91 Å². The molecule has 0 aromatic heterocycles. The van der Waals surface area contributed by atoms with Gasteiger partial charge in [-0.15, -0.1) is 0 Å². The summed E-state index contributed by atoms with van der Waals surface area (Å²) >= 11 is 7.38. The van der Waals surface area contributed by atoms with Crippen LogP contribution < -0.4 is 10.2 Å². The lowest BCUT2D eigenvalue weighted by Crippen LogP contribution is -2.48. The molecule has 2 aliphatic heterocycles. The fourth-order valence-corrected chi connectivity index (χ4v) is 5.95. The van der Waals surface area contributed by atoms with Crippen molar-refractivity contribution in [2.75, 3.05) is 23.3 Å². The molecule has 6 nitrogen and oxygen atoms in total. The largest absolute Gasteiger partial charge is 0.366 e. The molecule has 1 N–H and O–H groups in total. The number of nitrogens with one attached hydrogen (secondary N) is 1. The van der Waals surface area contributed by atoms with Crippen LogP contribution in [0.5, 0.6) is 0 Å². The number of anilines is 2. The number of nitrogens with zero attached hydrogens (tertiary/aromatic N) is 2. The molecular formula is C26H27ClFN3O3S. The summed E-state index contributed by atoms with van der Waals surface area (Å²) in [6, 6.07) is 9.60. The fraction of sp³-hybridized carbons (Fsp3) is 0.346. The minimum Gasteiger partial charge on any atom is -0.366 e. The number of amides is 3. The van der Waals surface area contributed by atoms with Crippen molar-refractivity contribution in [3.05, 3.63) is 63.3 Å². The van der Waals surface area contributed by atoms with Gasteiger partial charge in [0, 0.05) is 22.8 Å². The monoisotopic (exact) mass is 515 g/mol. The van der Waals surface area contributed by atoms with E-state index in [9.17, 15) is 18.8 Å². The number of rotatable bonds is 5. The molecule has 3 amide bonds. The maximum atomic E-state index is 13.8. The van der Waals surface area contributed by atoms with Crippen LogP contribution in [0.4, 0.5) is 20.6 Å². The van der Waals surface area contributed by atoms with Crippen molar-refractivity contribution in [1.29, 1.82) is 0 Å². The van der Waals surface area contributed by atoms with Gasteiger partial charge in [0.25, 0.3) is 11.1 Å². The average Bonchev–Trinajstić information content (AvgIpc) is 3.03. The summed E-state index contributed by atoms with van der Waals surface area (Å²) in [5.74, 6) is -1.55. The fourth-order valence-electron chi connectivity index (χ4n) is 4.90. The predicted molar refractivity (Wildman–Crippen MR) is 139 cm³/mol. The Balaban J connectivity index is 1.56. The highest BCUT2D eigenvalue weighted by Crippen LogP contribution is 2.45. The Hall–Kier alpha value is -2.84. The Kier molecular flexibility index (Phi) is 6.97. The summed E-state index contributed by atoms with van der Waals surface area (Å²) in [6.07, 6.45) is 2.58. The summed E-state index contributed by atoms with van der Waals surface area (Å²) in [7, 11) is 0. The molecule has 1 fully saturated rings. The third-order valence-corrected chi connectivity index (χ3v) is 7.66. The number of hydrogen-bond donors (Lipinski definition) is 1. The molecule has 4 rings (SSSR count). The van der Waals surface area contributed by atoms with Crippen LogP contribution >= 0.6 is 23.4 Å². The SMILES string of the molecule is CCN1c2cc(Cl)c(/C=C3/SC(=O)N(CC(=O)Nc4ccccc4F)C3=O)cc2C(C)CC1(C)C. The van der Waals surface area contributed by atoms with Gasteiger partial charge >= 0.3 is 0 Å². The smallest absolute Gasteiger partial charge is 0.294 e. The van der Waals surface area contributed by atoms with E-state index in [4.69, 9.17) is 11.6 Å². The van der Waals surface area contributed by atoms with Crippen LogP contribution in [-0.2, 0) is 9.59 Å². The summed E-state index contributed by atoms with van der Waals surface area (Å²) in [5, 5.41) is 2.31. The summed E-state index contributed by atoms with van der Waals surface area (Å²) in [6.45, 7) is 9.06. The van der Waals surface area contributed by atoms with Gasteiger partial charge in [0.15, 0.2) is 0 Å². The molecule has 184 valence electrons. The number of hydrogen-bond acceptors (Lipinski definition) is 5. The van der Waals surface area contributed by atoms with Gasteiger partial charge in [0.1, 0.15) is 12.4 Å². The molecule has 1 saturated heterocycles. The molecule has 0 aliphatic carbocycles. The second-order valence-corrected chi connectivity index (χ2v) is 10.8. The number of fused-ring (bicyclic) bond motifs is 1. The Bertz CT molecular complexity index is 1250. The zero-order valence-electron chi connectivity index (χ0n) is 20.0. The van der Waals surface area contributed by atoms with Crippen LogP contribution in [0.3, 0.4) is 0 Å². The van der Waals surface area contributed by atoms with Crippen LogP contribution in [0.1, 0.15) is 51.2 Å². The van der Waals surface area contributed by atoms with Crippen molar-refractivity contribution in [1.82, 2.24) is 4.90 Å². The quantitative estimate of drug-likeness (QED) is 0.475. The van der Waals surface area contributed by atoms with Crippen molar-refractivity contribution in [2.45, 2.75) is 45.6 Å². The van der Waals surface area contributed by atoms with E-state index < -0.39 is 29.4 Å². The number of carbonyl (C=O) groups is 3. The van der Waals surface area contributed by atoms with Gasteiger partial charge in [-0.2, -0.15) is 0 Å². The Morgan fingerprint density at radius 2 is 2.00 bits per heavy atom. The first-order valence-corrected chi connectivity index (χ1v) is 12.6. The van der Waals surface area contributed by atoms with Crippen LogP contribution in [0.25, 0.3) is 6.08 Å². The Morgan fingerprint density at radius 3 is 2.69 bits per heavy atom. The minimum atomic E-state index is -0.665. The van der Waals surface area contributed by atoms with Gasteiger partial charge in [-0.25, -0.2) is 4.39 Å².